The summed E-state index contributed by atoms with van der Waals surface area (Å²) in [6.45, 7) is 5.66. The van der Waals surface area contributed by atoms with Gasteiger partial charge < -0.3 is 24.8 Å². The SMILES string of the molecule is C=CC(=O)N[C@H]1C[C@H](C(=O)OCC)CC[C@H]1Nc1ncc2c(n1)N(C)C(=O)N(c1c(Cl)c(OC)cc(OC)c1Cl)C2. The van der Waals surface area contributed by atoms with Gasteiger partial charge in [-0.3, -0.25) is 19.4 Å². The highest BCUT2D eigenvalue weighted by atomic mass is 35.5. The van der Waals surface area contributed by atoms with Crippen molar-refractivity contribution in [2.75, 3.05) is 43.0 Å². The van der Waals surface area contributed by atoms with Crippen LogP contribution in [-0.4, -0.2) is 67.8 Å². The van der Waals surface area contributed by atoms with Crippen molar-refractivity contribution in [1.82, 2.24) is 15.3 Å². The number of rotatable bonds is 9. The molecule has 1 saturated carbocycles. The normalized spacial score (nSPS) is 20.1. The number of fused-ring (bicyclic) bond motifs is 1. The number of amides is 3. The van der Waals surface area contributed by atoms with Gasteiger partial charge in [-0.25, -0.2) is 9.78 Å². The molecular weight excluding hydrogens is 575 g/mol. The highest BCUT2D eigenvalue weighted by Crippen LogP contribution is 2.47. The first-order valence-electron chi connectivity index (χ1n) is 13.0. The topological polar surface area (TPSA) is 135 Å². The lowest BCUT2D eigenvalue weighted by atomic mass is 9.82. The summed E-state index contributed by atoms with van der Waals surface area (Å²) in [6.07, 6.45) is 4.31. The molecule has 2 aliphatic rings. The second kappa shape index (κ2) is 12.8. The number of anilines is 3. The molecule has 220 valence electrons. The summed E-state index contributed by atoms with van der Waals surface area (Å²) in [5.41, 5.74) is 0.891. The van der Waals surface area contributed by atoms with Gasteiger partial charge in [0.05, 0.1) is 45.0 Å². The van der Waals surface area contributed by atoms with Crippen LogP contribution in [0.2, 0.25) is 10.0 Å². The third-order valence-corrected chi connectivity index (χ3v) is 7.85. The van der Waals surface area contributed by atoms with E-state index in [1.165, 1.54) is 30.1 Å². The van der Waals surface area contributed by atoms with Crippen molar-refractivity contribution in [1.29, 1.82) is 0 Å². The first-order valence-corrected chi connectivity index (χ1v) is 13.8. The van der Waals surface area contributed by atoms with Crippen LogP contribution in [0, 0.1) is 5.92 Å². The summed E-state index contributed by atoms with van der Waals surface area (Å²) < 4.78 is 15.9. The van der Waals surface area contributed by atoms with Crippen LogP contribution >= 0.6 is 23.2 Å². The Bertz CT molecular complexity index is 1330. The van der Waals surface area contributed by atoms with Gasteiger partial charge in [0, 0.05) is 30.9 Å². The van der Waals surface area contributed by atoms with E-state index in [1.54, 1.807) is 26.2 Å². The molecule has 1 aromatic carbocycles. The molecule has 1 aromatic heterocycles. The number of hydrogen-bond acceptors (Lipinski definition) is 9. The van der Waals surface area contributed by atoms with Gasteiger partial charge in [-0.2, -0.15) is 4.98 Å². The minimum atomic E-state index is -0.424. The van der Waals surface area contributed by atoms with Crippen LogP contribution in [-0.2, 0) is 20.9 Å². The number of nitrogens with zero attached hydrogens (tertiary/aromatic N) is 4. The third-order valence-electron chi connectivity index (χ3n) is 7.12. The summed E-state index contributed by atoms with van der Waals surface area (Å²) in [5, 5.41) is 6.50. The Morgan fingerprint density at radius 1 is 1.17 bits per heavy atom. The number of carbonyl (C=O) groups excluding carboxylic acids is 3. The van der Waals surface area contributed by atoms with E-state index in [4.69, 9.17) is 37.4 Å². The van der Waals surface area contributed by atoms with Crippen molar-refractivity contribution in [2.45, 2.75) is 44.8 Å². The van der Waals surface area contributed by atoms with Crippen molar-refractivity contribution in [3.8, 4) is 11.5 Å². The molecule has 3 amide bonds. The zero-order chi connectivity index (χ0) is 29.8. The first-order chi connectivity index (χ1) is 19.6. The Morgan fingerprint density at radius 3 is 2.46 bits per heavy atom. The van der Waals surface area contributed by atoms with Gasteiger partial charge in [-0.1, -0.05) is 29.8 Å². The molecule has 14 heteroatoms. The van der Waals surface area contributed by atoms with Crippen LogP contribution in [0.3, 0.4) is 0 Å². The number of ether oxygens (including phenoxy) is 3. The highest BCUT2D eigenvalue weighted by molar-refractivity contribution is 6.42. The Labute approximate surface area is 247 Å². The molecule has 1 aliphatic carbocycles. The number of hydrogen-bond donors (Lipinski definition) is 2. The fourth-order valence-electron chi connectivity index (χ4n) is 5.05. The predicted molar refractivity (Wildman–Crippen MR) is 155 cm³/mol. The van der Waals surface area contributed by atoms with E-state index < -0.39 is 12.1 Å². The summed E-state index contributed by atoms with van der Waals surface area (Å²) in [4.78, 5) is 49.9. The Kier molecular flexibility index (Phi) is 9.44. The molecule has 0 radical (unpaired) electrons. The van der Waals surface area contributed by atoms with E-state index in [0.29, 0.717) is 42.1 Å². The van der Waals surface area contributed by atoms with E-state index in [1.807, 2.05) is 0 Å². The number of methoxy groups -OCH3 is 2. The average Bonchev–Trinajstić information content (AvgIpc) is 2.97. The minimum absolute atomic E-state index is 0.0945. The minimum Gasteiger partial charge on any atom is -0.495 e. The number of urea groups is 1. The van der Waals surface area contributed by atoms with Gasteiger partial charge in [0.15, 0.2) is 0 Å². The van der Waals surface area contributed by atoms with E-state index in [2.05, 4.69) is 27.2 Å². The van der Waals surface area contributed by atoms with Gasteiger partial charge >= 0.3 is 12.0 Å². The molecule has 41 heavy (non-hydrogen) atoms. The molecule has 1 fully saturated rings. The Balaban J connectivity index is 1.59. The fourth-order valence-corrected chi connectivity index (χ4v) is 5.75. The summed E-state index contributed by atoms with van der Waals surface area (Å²) in [5.74, 6) is 0.302. The number of esters is 1. The van der Waals surface area contributed by atoms with Crippen LogP contribution in [0.4, 0.5) is 22.2 Å². The molecule has 1 aliphatic heterocycles. The number of benzene rings is 1. The number of aromatic nitrogens is 2. The maximum absolute atomic E-state index is 13.5. The van der Waals surface area contributed by atoms with Crippen LogP contribution in [0.5, 0.6) is 11.5 Å². The van der Waals surface area contributed by atoms with Gasteiger partial charge in [-0.15, -0.1) is 0 Å². The molecule has 0 unspecified atom stereocenters. The smallest absolute Gasteiger partial charge is 0.330 e. The maximum atomic E-state index is 13.5. The van der Waals surface area contributed by atoms with E-state index in [9.17, 15) is 14.4 Å². The number of nitrogens with one attached hydrogen (secondary N) is 2. The van der Waals surface area contributed by atoms with Gasteiger partial charge in [0.25, 0.3) is 0 Å². The molecular formula is C27H32Cl2N6O6. The average molecular weight is 607 g/mol. The van der Waals surface area contributed by atoms with E-state index >= 15 is 0 Å². The van der Waals surface area contributed by atoms with Crippen LogP contribution in [0.25, 0.3) is 0 Å². The molecule has 2 aromatic rings. The zero-order valence-corrected chi connectivity index (χ0v) is 24.7. The summed E-state index contributed by atoms with van der Waals surface area (Å²) in [6, 6.07) is 0.454. The van der Waals surface area contributed by atoms with Crippen LogP contribution < -0.4 is 29.9 Å². The lowest BCUT2D eigenvalue weighted by molar-refractivity contribution is -0.149. The molecule has 12 nitrogen and oxygen atoms in total. The first kappa shape index (κ1) is 30.2. The van der Waals surface area contributed by atoms with Crippen LogP contribution in [0.15, 0.2) is 24.9 Å². The van der Waals surface area contributed by atoms with E-state index in [-0.39, 0.29) is 58.7 Å². The standard InChI is InChI=1S/C27H32Cl2N6O6/c1-6-20(36)31-17-10-14(25(37)41-7-2)8-9-16(17)32-26-30-12-15-13-35(27(38)34(3)24(15)33-26)23-21(28)18(39-4)11-19(40-5)22(23)29/h6,11-12,14,16-17H,1,7-10,13H2,2-5H3,(H,31,36)(H,30,32,33)/t14-,16-,17+/m1/s1. The maximum Gasteiger partial charge on any atom is 0.330 e. The second-order valence-electron chi connectivity index (χ2n) is 9.56. The molecule has 2 heterocycles. The number of halogens is 2. The van der Waals surface area contributed by atoms with Crippen molar-refractivity contribution >= 4 is 58.6 Å². The third kappa shape index (κ3) is 6.13. The second-order valence-corrected chi connectivity index (χ2v) is 10.3. The molecule has 3 atom stereocenters. The summed E-state index contributed by atoms with van der Waals surface area (Å²) in [7, 11) is 4.49. The number of carbonyl (C=O) groups is 3. The van der Waals surface area contributed by atoms with Crippen molar-refractivity contribution in [3.63, 3.8) is 0 Å². The lowest BCUT2D eigenvalue weighted by Crippen LogP contribution is -2.51. The monoisotopic (exact) mass is 606 g/mol. The molecule has 0 spiro atoms. The van der Waals surface area contributed by atoms with Crippen LogP contribution in [0.1, 0.15) is 31.7 Å². The lowest BCUT2D eigenvalue weighted by Gasteiger charge is -2.37. The Hall–Kier alpha value is -3.77. The molecule has 2 N–H and O–H groups in total. The fraction of sp³-hybridized carbons (Fsp3) is 0.444. The zero-order valence-electron chi connectivity index (χ0n) is 23.2. The Morgan fingerprint density at radius 2 is 1.85 bits per heavy atom. The molecule has 4 rings (SSSR count). The highest BCUT2D eigenvalue weighted by Gasteiger charge is 2.37. The van der Waals surface area contributed by atoms with Crippen molar-refractivity contribution in [2.24, 2.45) is 5.92 Å². The molecule has 0 saturated heterocycles. The quantitative estimate of drug-likeness (QED) is 0.318. The molecule has 0 bridgehead atoms. The van der Waals surface area contributed by atoms with Gasteiger partial charge in [0.1, 0.15) is 27.4 Å². The van der Waals surface area contributed by atoms with Crippen molar-refractivity contribution < 1.29 is 28.6 Å². The largest absolute Gasteiger partial charge is 0.495 e. The van der Waals surface area contributed by atoms with Crippen molar-refractivity contribution in [3.05, 3.63) is 40.5 Å². The van der Waals surface area contributed by atoms with E-state index in [0.717, 1.165) is 0 Å². The van der Waals surface area contributed by atoms with Gasteiger partial charge in [-0.05, 0) is 32.3 Å². The predicted octanol–water partition coefficient (Wildman–Crippen LogP) is 4.19. The summed E-state index contributed by atoms with van der Waals surface area (Å²) >= 11 is 13.1. The van der Waals surface area contributed by atoms with Gasteiger partial charge in [0.2, 0.25) is 11.9 Å².